The van der Waals surface area contributed by atoms with Gasteiger partial charge < -0.3 is 4.74 Å². The Balaban J connectivity index is 1.13. The molecule has 0 radical (unpaired) electrons. The highest BCUT2D eigenvalue weighted by molar-refractivity contribution is 5.93. The molecule has 0 saturated carbocycles. The second-order valence-corrected chi connectivity index (χ2v) is 18.4. The van der Waals surface area contributed by atoms with Crippen molar-refractivity contribution in [2.45, 2.75) is 19.3 Å². The number of aryl methyl sites for hydroxylation is 2. The van der Waals surface area contributed by atoms with Gasteiger partial charge in [-0.1, -0.05) is 194 Å². The van der Waals surface area contributed by atoms with E-state index in [1.807, 2.05) is 12.1 Å². The molecule has 13 rings (SSSR count). The van der Waals surface area contributed by atoms with Crippen LogP contribution in [-0.2, 0) is 5.41 Å². The first-order valence-electron chi connectivity index (χ1n) is 24.2. The fraction of sp³-hybridized carbons (Fsp3) is 0.0455. The summed E-state index contributed by atoms with van der Waals surface area (Å²) in [6.07, 6.45) is 0. The third-order valence-corrected chi connectivity index (χ3v) is 14.3. The molecule has 5 heteroatoms. The minimum Gasteiger partial charge on any atom is -0.457 e. The SMILES string of the molecule is Cc1ccccc1-c1ccc2c(c1)C1(c3ccccc3Oc3ccccc31)c1cc(-c3ccccc3C)ccc1N2c1nc(-c2cccc(-c3ccccc3)c2)nc(-c2cccc(-c3ccccc3)c2)n1. The lowest BCUT2D eigenvalue weighted by molar-refractivity contribution is 0.434. The summed E-state index contributed by atoms with van der Waals surface area (Å²) in [6, 6.07) is 86.2. The summed E-state index contributed by atoms with van der Waals surface area (Å²) in [6.45, 7) is 4.38. The zero-order valence-electron chi connectivity index (χ0n) is 39.3. The number of benzene rings is 10. The first kappa shape index (κ1) is 42.0. The maximum atomic E-state index is 6.88. The van der Waals surface area contributed by atoms with Crippen molar-refractivity contribution in [2.24, 2.45) is 0 Å². The Hall–Kier alpha value is -9.19. The molecule has 336 valence electrons. The summed E-state index contributed by atoms with van der Waals surface area (Å²) in [7, 11) is 0. The summed E-state index contributed by atoms with van der Waals surface area (Å²) in [5.41, 5.74) is 18.6. The molecule has 3 heterocycles. The van der Waals surface area contributed by atoms with Crippen molar-refractivity contribution in [1.29, 1.82) is 0 Å². The summed E-state index contributed by atoms with van der Waals surface area (Å²) in [5, 5.41) is 0. The van der Waals surface area contributed by atoms with Gasteiger partial charge in [0, 0.05) is 22.3 Å². The second-order valence-electron chi connectivity index (χ2n) is 18.4. The highest BCUT2D eigenvalue weighted by atomic mass is 16.5. The molecule has 0 fully saturated rings. The molecule has 5 nitrogen and oxygen atoms in total. The van der Waals surface area contributed by atoms with Crippen LogP contribution in [0.25, 0.3) is 67.3 Å². The number of aromatic nitrogens is 3. The van der Waals surface area contributed by atoms with E-state index in [4.69, 9.17) is 19.7 Å². The smallest absolute Gasteiger partial charge is 0.238 e. The van der Waals surface area contributed by atoms with Crippen LogP contribution in [0.3, 0.4) is 0 Å². The maximum absolute atomic E-state index is 6.88. The molecule has 0 N–H and O–H groups in total. The standard InChI is InChI=1S/C66H46N4O/c1-43-19-9-11-29-53(43)49-35-37-59-57(41-49)66(55-31-13-15-33-61(55)71-62-34-16-14-32-56(62)66)58-42-50(54-30-12-10-20-44(54)2)36-38-60(58)70(59)65-68-63(51-27-17-25-47(39-51)45-21-5-3-6-22-45)67-64(69-65)52-28-18-26-48(40-52)46-23-7-4-8-24-46/h3-42H,1-2H3. The predicted octanol–water partition coefficient (Wildman–Crippen LogP) is 16.8. The van der Waals surface area contributed by atoms with Gasteiger partial charge in [0.15, 0.2) is 11.6 Å². The average Bonchev–Trinajstić information content (AvgIpc) is 3.43. The van der Waals surface area contributed by atoms with E-state index in [1.54, 1.807) is 0 Å². The van der Waals surface area contributed by atoms with E-state index in [9.17, 15) is 0 Å². The lowest BCUT2D eigenvalue weighted by Gasteiger charge is -2.48. The number of hydrogen-bond acceptors (Lipinski definition) is 5. The molecule has 0 aliphatic carbocycles. The van der Waals surface area contributed by atoms with E-state index in [0.29, 0.717) is 17.6 Å². The van der Waals surface area contributed by atoms with Crippen molar-refractivity contribution >= 4 is 17.3 Å². The van der Waals surface area contributed by atoms with Crippen molar-refractivity contribution in [1.82, 2.24) is 15.0 Å². The molecule has 2 aliphatic rings. The van der Waals surface area contributed by atoms with Crippen molar-refractivity contribution in [2.75, 3.05) is 4.90 Å². The molecule has 1 aromatic heterocycles. The third-order valence-electron chi connectivity index (χ3n) is 14.3. The van der Waals surface area contributed by atoms with Crippen LogP contribution in [-0.4, -0.2) is 15.0 Å². The Morgan fingerprint density at radius 3 is 1.21 bits per heavy atom. The van der Waals surface area contributed by atoms with Crippen molar-refractivity contribution in [3.05, 3.63) is 276 Å². The highest BCUT2D eigenvalue weighted by Gasteiger charge is 2.52. The number of para-hydroxylation sites is 2. The molecule has 11 aromatic rings. The van der Waals surface area contributed by atoms with Gasteiger partial charge in [-0.3, -0.25) is 4.90 Å². The highest BCUT2D eigenvalue weighted by Crippen LogP contribution is 2.63. The molecule has 0 atom stereocenters. The second kappa shape index (κ2) is 17.1. The van der Waals surface area contributed by atoms with E-state index in [1.165, 1.54) is 22.3 Å². The Morgan fingerprint density at radius 1 is 0.324 bits per heavy atom. The number of nitrogens with zero attached hydrogens (tertiary/aromatic N) is 4. The zero-order chi connectivity index (χ0) is 47.5. The summed E-state index contributed by atoms with van der Waals surface area (Å²) in [5.74, 6) is 3.30. The first-order valence-corrected chi connectivity index (χ1v) is 24.2. The molecule has 0 bridgehead atoms. The lowest BCUT2D eigenvalue weighted by atomic mass is 9.60. The molecular formula is C66H46N4O. The van der Waals surface area contributed by atoms with Crippen LogP contribution in [0.2, 0.25) is 0 Å². The molecule has 71 heavy (non-hydrogen) atoms. The fourth-order valence-corrected chi connectivity index (χ4v) is 10.9. The van der Waals surface area contributed by atoms with Gasteiger partial charge in [0.2, 0.25) is 5.95 Å². The molecule has 10 aromatic carbocycles. The van der Waals surface area contributed by atoms with Crippen LogP contribution in [0.4, 0.5) is 17.3 Å². The minimum absolute atomic E-state index is 0.512. The van der Waals surface area contributed by atoms with E-state index in [0.717, 1.165) is 89.6 Å². The normalized spacial score (nSPS) is 12.8. The van der Waals surface area contributed by atoms with Crippen LogP contribution in [0.1, 0.15) is 33.4 Å². The third kappa shape index (κ3) is 7.04. The monoisotopic (exact) mass is 910 g/mol. The maximum Gasteiger partial charge on any atom is 0.238 e. The largest absolute Gasteiger partial charge is 0.457 e. The van der Waals surface area contributed by atoms with Crippen LogP contribution >= 0.6 is 0 Å². The molecule has 0 saturated heterocycles. The van der Waals surface area contributed by atoms with Crippen molar-refractivity contribution < 1.29 is 4.74 Å². The molecule has 1 spiro atoms. The van der Waals surface area contributed by atoms with E-state index >= 15 is 0 Å². The molecular weight excluding hydrogens is 865 g/mol. The Morgan fingerprint density at radius 2 is 0.732 bits per heavy atom. The summed E-state index contributed by atoms with van der Waals surface area (Å²) >= 11 is 0. The molecule has 0 unspecified atom stereocenters. The van der Waals surface area contributed by atoms with E-state index in [-0.39, 0.29) is 0 Å². The summed E-state index contributed by atoms with van der Waals surface area (Å²) in [4.78, 5) is 18.7. The van der Waals surface area contributed by atoms with Crippen molar-refractivity contribution in [3.63, 3.8) is 0 Å². The number of fused-ring (bicyclic) bond motifs is 8. The quantitative estimate of drug-likeness (QED) is 0.159. The van der Waals surface area contributed by atoms with Gasteiger partial charge in [0.05, 0.1) is 16.8 Å². The van der Waals surface area contributed by atoms with E-state index in [2.05, 4.69) is 249 Å². The zero-order valence-corrected chi connectivity index (χ0v) is 39.3. The number of rotatable bonds is 7. The predicted molar refractivity (Wildman–Crippen MR) is 289 cm³/mol. The molecule has 2 aliphatic heterocycles. The topological polar surface area (TPSA) is 51.1 Å². The van der Waals surface area contributed by atoms with Gasteiger partial charge in [-0.05, 0) is 129 Å². The van der Waals surface area contributed by atoms with Gasteiger partial charge in [0.1, 0.15) is 11.5 Å². The Labute approximate surface area is 414 Å². The Kier molecular flexibility index (Phi) is 10.1. The first-order chi connectivity index (χ1) is 35.0. The number of anilines is 3. The van der Waals surface area contributed by atoms with Gasteiger partial charge in [0.25, 0.3) is 0 Å². The van der Waals surface area contributed by atoms with Crippen LogP contribution in [0.5, 0.6) is 11.5 Å². The van der Waals surface area contributed by atoms with Gasteiger partial charge >= 0.3 is 0 Å². The summed E-state index contributed by atoms with van der Waals surface area (Å²) < 4.78 is 6.88. The van der Waals surface area contributed by atoms with Crippen molar-refractivity contribution in [3.8, 4) is 78.8 Å². The lowest BCUT2D eigenvalue weighted by Crippen LogP contribution is -2.40. The van der Waals surface area contributed by atoms with Crippen LogP contribution in [0, 0.1) is 13.8 Å². The Bertz CT molecular complexity index is 3600. The van der Waals surface area contributed by atoms with Gasteiger partial charge in [-0.15, -0.1) is 0 Å². The van der Waals surface area contributed by atoms with E-state index < -0.39 is 5.41 Å². The number of ether oxygens (including phenoxy) is 1. The van der Waals surface area contributed by atoms with Gasteiger partial charge in [-0.25, -0.2) is 4.98 Å². The number of hydrogen-bond donors (Lipinski definition) is 0. The minimum atomic E-state index is -0.837. The fourth-order valence-electron chi connectivity index (χ4n) is 10.9. The van der Waals surface area contributed by atoms with Gasteiger partial charge in [-0.2, -0.15) is 9.97 Å². The van der Waals surface area contributed by atoms with Crippen LogP contribution < -0.4 is 9.64 Å². The van der Waals surface area contributed by atoms with Crippen LogP contribution in [0.15, 0.2) is 243 Å². The average molecular weight is 911 g/mol. The molecule has 0 amide bonds.